The van der Waals surface area contributed by atoms with Crippen molar-refractivity contribution in [2.24, 2.45) is 5.73 Å². The highest BCUT2D eigenvalue weighted by molar-refractivity contribution is 5.39. The topological polar surface area (TPSA) is 35.2 Å². The van der Waals surface area contributed by atoms with Crippen LogP contribution in [0.1, 0.15) is 29.9 Å². The summed E-state index contributed by atoms with van der Waals surface area (Å²) in [6, 6.07) is 9.05. The first-order valence-electron chi connectivity index (χ1n) is 5.78. The van der Waals surface area contributed by atoms with Crippen LogP contribution in [0.2, 0.25) is 0 Å². The number of hydrogen-bond acceptors (Lipinski definition) is 2. The van der Waals surface area contributed by atoms with Crippen molar-refractivity contribution < 1.29 is 4.74 Å². The predicted molar refractivity (Wildman–Crippen MR) is 59.8 cm³/mol. The van der Waals surface area contributed by atoms with Gasteiger partial charge in [-0.05, 0) is 30.4 Å². The summed E-state index contributed by atoms with van der Waals surface area (Å²) in [6.45, 7) is 0.883. The van der Waals surface area contributed by atoms with Gasteiger partial charge in [-0.3, -0.25) is 0 Å². The standard InChI is InChI=1S/C13H17NO/c14-11-6-12(7-11)15-8-10-5-9-3-1-2-4-13(9)10/h1-4,10-12H,5-8,14H2. The zero-order chi connectivity index (χ0) is 10.3. The van der Waals surface area contributed by atoms with Gasteiger partial charge in [-0.1, -0.05) is 24.3 Å². The van der Waals surface area contributed by atoms with Gasteiger partial charge in [0.25, 0.3) is 0 Å². The molecule has 2 aliphatic rings. The Morgan fingerprint density at radius 1 is 1.27 bits per heavy atom. The lowest BCUT2D eigenvalue weighted by atomic mass is 9.78. The van der Waals surface area contributed by atoms with Gasteiger partial charge >= 0.3 is 0 Å². The van der Waals surface area contributed by atoms with E-state index in [1.807, 2.05) is 0 Å². The average molecular weight is 203 g/mol. The lowest BCUT2D eigenvalue weighted by Crippen LogP contribution is -2.42. The first-order chi connectivity index (χ1) is 7.33. The van der Waals surface area contributed by atoms with Crippen molar-refractivity contribution in [3.05, 3.63) is 35.4 Å². The Hall–Kier alpha value is -0.860. The Kier molecular flexibility index (Phi) is 2.26. The largest absolute Gasteiger partial charge is 0.377 e. The number of fused-ring (bicyclic) bond motifs is 1. The Morgan fingerprint density at radius 2 is 2.07 bits per heavy atom. The fourth-order valence-electron chi connectivity index (χ4n) is 2.51. The highest BCUT2D eigenvalue weighted by Gasteiger charge is 2.30. The summed E-state index contributed by atoms with van der Waals surface area (Å²) in [5.74, 6) is 0.637. The molecule has 0 heterocycles. The summed E-state index contributed by atoms with van der Waals surface area (Å²) in [7, 11) is 0. The molecule has 0 aliphatic heterocycles. The minimum absolute atomic E-state index is 0.392. The molecule has 0 amide bonds. The molecule has 0 bridgehead atoms. The molecule has 2 N–H and O–H groups in total. The maximum absolute atomic E-state index is 5.83. The van der Waals surface area contributed by atoms with Crippen LogP contribution in [-0.4, -0.2) is 18.8 Å². The second-order valence-corrected chi connectivity index (χ2v) is 4.79. The molecule has 1 unspecified atom stereocenters. The molecule has 0 saturated heterocycles. The Bertz CT molecular complexity index is 357. The number of benzene rings is 1. The second-order valence-electron chi connectivity index (χ2n) is 4.79. The zero-order valence-corrected chi connectivity index (χ0v) is 8.86. The number of rotatable bonds is 3. The van der Waals surface area contributed by atoms with Gasteiger partial charge in [0.1, 0.15) is 0 Å². The molecule has 2 nitrogen and oxygen atoms in total. The van der Waals surface area contributed by atoms with Gasteiger partial charge in [-0.15, -0.1) is 0 Å². The van der Waals surface area contributed by atoms with E-state index >= 15 is 0 Å². The van der Waals surface area contributed by atoms with Crippen LogP contribution in [0, 0.1) is 0 Å². The second kappa shape index (κ2) is 3.62. The van der Waals surface area contributed by atoms with E-state index in [9.17, 15) is 0 Å². The average Bonchev–Trinajstić information content (AvgIpc) is 2.16. The number of hydrogen-bond donors (Lipinski definition) is 1. The number of nitrogens with two attached hydrogens (primary N) is 1. The van der Waals surface area contributed by atoms with Gasteiger partial charge in [-0.25, -0.2) is 0 Å². The maximum Gasteiger partial charge on any atom is 0.0605 e. The molecule has 0 aromatic heterocycles. The lowest BCUT2D eigenvalue weighted by molar-refractivity contribution is -0.0173. The molecular weight excluding hydrogens is 186 g/mol. The number of ether oxygens (including phenoxy) is 1. The van der Waals surface area contributed by atoms with E-state index in [4.69, 9.17) is 10.5 Å². The fraction of sp³-hybridized carbons (Fsp3) is 0.538. The molecule has 0 spiro atoms. The van der Waals surface area contributed by atoms with Crippen molar-refractivity contribution in [3.8, 4) is 0 Å². The minimum atomic E-state index is 0.392. The molecular formula is C13H17NO. The van der Waals surface area contributed by atoms with Gasteiger partial charge in [0.15, 0.2) is 0 Å². The molecule has 1 saturated carbocycles. The van der Waals surface area contributed by atoms with Crippen molar-refractivity contribution in [3.63, 3.8) is 0 Å². The van der Waals surface area contributed by atoms with Crippen LogP contribution in [0.25, 0.3) is 0 Å². The summed E-state index contributed by atoms with van der Waals surface area (Å²) in [6.07, 6.45) is 3.73. The molecule has 1 atom stereocenters. The molecule has 2 aliphatic carbocycles. The Balaban J connectivity index is 1.51. The maximum atomic E-state index is 5.83. The van der Waals surface area contributed by atoms with Gasteiger partial charge in [-0.2, -0.15) is 0 Å². The summed E-state index contributed by atoms with van der Waals surface area (Å²) >= 11 is 0. The highest BCUT2D eigenvalue weighted by atomic mass is 16.5. The van der Waals surface area contributed by atoms with Crippen LogP contribution in [-0.2, 0) is 11.2 Å². The van der Waals surface area contributed by atoms with E-state index in [0.717, 1.165) is 19.4 Å². The van der Waals surface area contributed by atoms with Crippen LogP contribution < -0.4 is 5.73 Å². The van der Waals surface area contributed by atoms with Crippen LogP contribution in [0.15, 0.2) is 24.3 Å². The van der Waals surface area contributed by atoms with Gasteiger partial charge in [0.05, 0.1) is 12.7 Å². The first-order valence-corrected chi connectivity index (χ1v) is 5.78. The quantitative estimate of drug-likeness (QED) is 0.813. The van der Waals surface area contributed by atoms with E-state index in [1.165, 1.54) is 17.5 Å². The van der Waals surface area contributed by atoms with Crippen LogP contribution >= 0.6 is 0 Å². The van der Waals surface area contributed by atoms with Gasteiger partial charge in [0, 0.05) is 12.0 Å². The Morgan fingerprint density at radius 3 is 2.80 bits per heavy atom. The van der Waals surface area contributed by atoms with E-state index in [-0.39, 0.29) is 0 Å². The monoisotopic (exact) mass is 203 g/mol. The SMILES string of the molecule is NC1CC(OCC2Cc3ccccc32)C1. The smallest absolute Gasteiger partial charge is 0.0605 e. The van der Waals surface area contributed by atoms with Crippen molar-refractivity contribution >= 4 is 0 Å². The van der Waals surface area contributed by atoms with Crippen molar-refractivity contribution in [1.29, 1.82) is 0 Å². The molecule has 15 heavy (non-hydrogen) atoms. The molecule has 0 radical (unpaired) electrons. The summed E-state index contributed by atoms with van der Waals surface area (Å²) < 4.78 is 5.83. The van der Waals surface area contributed by atoms with Crippen molar-refractivity contribution in [2.45, 2.75) is 37.3 Å². The molecule has 1 aromatic carbocycles. The minimum Gasteiger partial charge on any atom is -0.377 e. The lowest BCUT2D eigenvalue weighted by Gasteiger charge is -2.36. The third kappa shape index (κ3) is 1.68. The van der Waals surface area contributed by atoms with Crippen molar-refractivity contribution in [2.75, 3.05) is 6.61 Å². The fourth-order valence-corrected chi connectivity index (χ4v) is 2.51. The zero-order valence-electron chi connectivity index (χ0n) is 8.86. The van der Waals surface area contributed by atoms with Crippen LogP contribution in [0.3, 0.4) is 0 Å². The first kappa shape index (κ1) is 9.37. The normalized spacial score (nSPS) is 32.7. The van der Waals surface area contributed by atoms with E-state index < -0.39 is 0 Å². The van der Waals surface area contributed by atoms with Gasteiger partial charge in [0.2, 0.25) is 0 Å². The third-order valence-electron chi connectivity index (χ3n) is 3.63. The van der Waals surface area contributed by atoms with Crippen molar-refractivity contribution in [1.82, 2.24) is 0 Å². The van der Waals surface area contributed by atoms with Gasteiger partial charge < -0.3 is 10.5 Å². The third-order valence-corrected chi connectivity index (χ3v) is 3.63. The highest BCUT2D eigenvalue weighted by Crippen LogP contribution is 2.35. The summed E-state index contributed by atoms with van der Waals surface area (Å²) in [5.41, 5.74) is 8.70. The molecule has 1 fully saturated rings. The molecule has 3 rings (SSSR count). The summed E-state index contributed by atoms with van der Waals surface area (Å²) in [5, 5.41) is 0. The van der Waals surface area contributed by atoms with E-state index in [0.29, 0.717) is 18.1 Å². The van der Waals surface area contributed by atoms with Crippen LogP contribution in [0.5, 0.6) is 0 Å². The molecule has 80 valence electrons. The summed E-state index contributed by atoms with van der Waals surface area (Å²) in [4.78, 5) is 0. The molecule has 1 aromatic rings. The van der Waals surface area contributed by atoms with Crippen LogP contribution in [0.4, 0.5) is 0 Å². The predicted octanol–water partition coefficient (Wildman–Crippen LogP) is 1.83. The molecule has 2 heteroatoms. The van der Waals surface area contributed by atoms with E-state index in [2.05, 4.69) is 24.3 Å². The van der Waals surface area contributed by atoms with E-state index in [1.54, 1.807) is 0 Å². The Labute approximate surface area is 90.4 Å².